The summed E-state index contributed by atoms with van der Waals surface area (Å²) in [6.45, 7) is 1.98. The highest BCUT2D eigenvalue weighted by Crippen LogP contribution is 2.34. The average Bonchev–Trinajstić information content (AvgIpc) is 3.03. The lowest BCUT2D eigenvalue weighted by Crippen LogP contribution is -2.11. The smallest absolute Gasteiger partial charge is 0.154 e. The Kier molecular flexibility index (Phi) is 3.05. The molecule has 2 nitrogen and oxygen atoms in total. The standard InChI is InChI=1S/C14H15NO/c1-10-3-2-4-12(7-10)13(9-15)14(16)8-11-5-6-11/h2-4,7,11,13H,5-6,8H2,1H3. The summed E-state index contributed by atoms with van der Waals surface area (Å²) in [6, 6.07) is 9.80. The zero-order chi connectivity index (χ0) is 11.5. The van der Waals surface area contributed by atoms with Crippen LogP contribution in [0.15, 0.2) is 24.3 Å². The fraction of sp³-hybridized carbons (Fsp3) is 0.429. The van der Waals surface area contributed by atoms with E-state index in [0.717, 1.165) is 24.0 Å². The summed E-state index contributed by atoms with van der Waals surface area (Å²) >= 11 is 0. The lowest BCUT2D eigenvalue weighted by molar-refractivity contribution is -0.119. The van der Waals surface area contributed by atoms with E-state index >= 15 is 0 Å². The van der Waals surface area contributed by atoms with E-state index in [1.165, 1.54) is 0 Å². The molecule has 0 aromatic heterocycles. The van der Waals surface area contributed by atoms with Crippen LogP contribution in [-0.2, 0) is 4.79 Å². The van der Waals surface area contributed by atoms with Gasteiger partial charge in [-0.25, -0.2) is 0 Å². The fourth-order valence-electron chi connectivity index (χ4n) is 1.91. The number of Topliss-reactive ketones (excluding diaryl/α,β-unsaturated/α-hetero) is 1. The van der Waals surface area contributed by atoms with Crippen molar-refractivity contribution in [2.75, 3.05) is 0 Å². The molecular formula is C14H15NO. The molecule has 16 heavy (non-hydrogen) atoms. The molecule has 1 aromatic rings. The summed E-state index contributed by atoms with van der Waals surface area (Å²) in [5.74, 6) is 0.0595. The Morgan fingerprint density at radius 1 is 1.56 bits per heavy atom. The largest absolute Gasteiger partial charge is 0.298 e. The molecule has 0 bridgehead atoms. The molecule has 1 aliphatic rings. The van der Waals surface area contributed by atoms with Gasteiger partial charge in [0, 0.05) is 6.42 Å². The maximum absolute atomic E-state index is 11.9. The van der Waals surface area contributed by atoms with Crippen LogP contribution in [0.4, 0.5) is 0 Å². The molecule has 0 spiro atoms. The van der Waals surface area contributed by atoms with Crippen molar-refractivity contribution < 1.29 is 4.79 Å². The van der Waals surface area contributed by atoms with Crippen LogP contribution in [0.25, 0.3) is 0 Å². The highest BCUT2D eigenvalue weighted by molar-refractivity contribution is 5.88. The lowest BCUT2D eigenvalue weighted by Gasteiger charge is -2.08. The van der Waals surface area contributed by atoms with Crippen molar-refractivity contribution >= 4 is 5.78 Å². The van der Waals surface area contributed by atoms with Gasteiger partial charge in [-0.3, -0.25) is 4.79 Å². The molecule has 0 radical (unpaired) electrons. The highest BCUT2D eigenvalue weighted by Gasteiger charge is 2.29. The van der Waals surface area contributed by atoms with Gasteiger partial charge >= 0.3 is 0 Å². The minimum atomic E-state index is -0.569. The molecule has 1 atom stereocenters. The van der Waals surface area contributed by atoms with E-state index in [1.54, 1.807) is 0 Å². The van der Waals surface area contributed by atoms with E-state index in [0.29, 0.717) is 12.3 Å². The van der Waals surface area contributed by atoms with Gasteiger partial charge in [0.2, 0.25) is 0 Å². The maximum Gasteiger partial charge on any atom is 0.154 e. The van der Waals surface area contributed by atoms with Crippen molar-refractivity contribution in [2.45, 2.75) is 32.1 Å². The third kappa shape index (κ3) is 2.49. The predicted octanol–water partition coefficient (Wildman–Crippen LogP) is 2.97. The van der Waals surface area contributed by atoms with Crippen LogP contribution in [0.2, 0.25) is 0 Å². The summed E-state index contributed by atoms with van der Waals surface area (Å²) in [6.07, 6.45) is 2.88. The number of aryl methyl sites for hydroxylation is 1. The zero-order valence-electron chi connectivity index (χ0n) is 9.44. The molecule has 0 amide bonds. The molecule has 1 aromatic carbocycles. The second-order valence-corrected chi connectivity index (χ2v) is 4.59. The number of ketones is 1. The summed E-state index contributed by atoms with van der Waals surface area (Å²) < 4.78 is 0. The van der Waals surface area contributed by atoms with Gasteiger partial charge in [-0.2, -0.15) is 5.26 Å². The van der Waals surface area contributed by atoms with E-state index in [2.05, 4.69) is 6.07 Å². The van der Waals surface area contributed by atoms with E-state index in [4.69, 9.17) is 5.26 Å². The molecule has 0 heterocycles. The van der Waals surface area contributed by atoms with Crippen LogP contribution in [0, 0.1) is 24.2 Å². The monoisotopic (exact) mass is 213 g/mol. The third-order valence-electron chi connectivity index (χ3n) is 3.01. The molecule has 0 saturated heterocycles. The Morgan fingerprint density at radius 3 is 2.88 bits per heavy atom. The van der Waals surface area contributed by atoms with Gasteiger partial charge in [-0.05, 0) is 31.2 Å². The van der Waals surface area contributed by atoms with Crippen molar-refractivity contribution in [1.29, 1.82) is 5.26 Å². The van der Waals surface area contributed by atoms with Crippen molar-refractivity contribution in [1.82, 2.24) is 0 Å². The number of nitrogens with zero attached hydrogens (tertiary/aromatic N) is 1. The molecule has 2 heteroatoms. The molecule has 0 N–H and O–H groups in total. The Hall–Kier alpha value is -1.62. The number of hydrogen-bond acceptors (Lipinski definition) is 2. The molecule has 1 saturated carbocycles. The lowest BCUT2D eigenvalue weighted by atomic mass is 9.92. The van der Waals surface area contributed by atoms with Gasteiger partial charge in [0.1, 0.15) is 5.92 Å². The maximum atomic E-state index is 11.9. The van der Waals surface area contributed by atoms with Crippen LogP contribution < -0.4 is 0 Å². The van der Waals surface area contributed by atoms with Crippen molar-refractivity contribution in [3.63, 3.8) is 0 Å². The van der Waals surface area contributed by atoms with E-state index in [9.17, 15) is 4.79 Å². The number of rotatable bonds is 4. The van der Waals surface area contributed by atoms with Crippen LogP contribution >= 0.6 is 0 Å². The number of carbonyl (C=O) groups excluding carboxylic acids is 1. The van der Waals surface area contributed by atoms with Crippen molar-refractivity contribution in [3.8, 4) is 6.07 Å². The first kappa shape index (κ1) is 10.9. The highest BCUT2D eigenvalue weighted by atomic mass is 16.1. The Bertz CT molecular complexity index is 440. The minimum absolute atomic E-state index is 0.0793. The van der Waals surface area contributed by atoms with Crippen molar-refractivity contribution in [2.24, 2.45) is 5.92 Å². The first-order chi connectivity index (χ1) is 7.70. The van der Waals surface area contributed by atoms with Gasteiger partial charge in [0.25, 0.3) is 0 Å². The first-order valence-electron chi connectivity index (χ1n) is 5.69. The molecule has 1 unspecified atom stereocenters. The van der Waals surface area contributed by atoms with Crippen LogP contribution in [0.5, 0.6) is 0 Å². The summed E-state index contributed by atoms with van der Waals surface area (Å²) in [4.78, 5) is 11.9. The van der Waals surface area contributed by atoms with Crippen LogP contribution in [0.3, 0.4) is 0 Å². The number of hydrogen-bond donors (Lipinski definition) is 0. The van der Waals surface area contributed by atoms with Gasteiger partial charge in [0.15, 0.2) is 5.78 Å². The summed E-state index contributed by atoms with van der Waals surface area (Å²) in [5, 5.41) is 9.10. The summed E-state index contributed by atoms with van der Waals surface area (Å²) in [7, 11) is 0. The third-order valence-corrected chi connectivity index (χ3v) is 3.01. The van der Waals surface area contributed by atoms with E-state index < -0.39 is 5.92 Å². The number of carbonyl (C=O) groups is 1. The second-order valence-electron chi connectivity index (χ2n) is 4.59. The van der Waals surface area contributed by atoms with E-state index in [1.807, 2.05) is 31.2 Å². The quantitative estimate of drug-likeness (QED) is 0.771. The molecule has 82 valence electrons. The molecule has 0 aliphatic heterocycles. The Balaban J connectivity index is 2.15. The minimum Gasteiger partial charge on any atom is -0.298 e. The topological polar surface area (TPSA) is 40.9 Å². The normalized spacial score (nSPS) is 16.5. The number of benzene rings is 1. The first-order valence-corrected chi connectivity index (χ1v) is 5.69. The van der Waals surface area contributed by atoms with Crippen molar-refractivity contribution in [3.05, 3.63) is 35.4 Å². The average molecular weight is 213 g/mol. The van der Waals surface area contributed by atoms with Gasteiger partial charge in [-0.15, -0.1) is 0 Å². The second kappa shape index (κ2) is 4.49. The van der Waals surface area contributed by atoms with Gasteiger partial charge in [0.05, 0.1) is 6.07 Å². The SMILES string of the molecule is Cc1cccc(C(C#N)C(=O)CC2CC2)c1. The fourth-order valence-corrected chi connectivity index (χ4v) is 1.91. The zero-order valence-corrected chi connectivity index (χ0v) is 9.44. The molecule has 1 aliphatic carbocycles. The van der Waals surface area contributed by atoms with Gasteiger partial charge in [-0.1, -0.05) is 29.8 Å². The van der Waals surface area contributed by atoms with E-state index in [-0.39, 0.29) is 5.78 Å². The number of nitriles is 1. The van der Waals surface area contributed by atoms with Gasteiger partial charge < -0.3 is 0 Å². The summed E-state index contributed by atoms with van der Waals surface area (Å²) in [5.41, 5.74) is 1.94. The Labute approximate surface area is 95.9 Å². The van der Waals surface area contributed by atoms with Crippen LogP contribution in [-0.4, -0.2) is 5.78 Å². The molecule has 1 fully saturated rings. The molecular weight excluding hydrogens is 198 g/mol. The Morgan fingerprint density at radius 2 is 2.31 bits per heavy atom. The van der Waals surface area contributed by atoms with Crippen LogP contribution in [0.1, 0.15) is 36.3 Å². The molecule has 2 rings (SSSR count). The predicted molar refractivity (Wildman–Crippen MR) is 61.9 cm³/mol.